The normalized spacial score (nSPS) is 11.1. The van der Waals surface area contributed by atoms with Crippen molar-refractivity contribution in [1.29, 1.82) is 5.41 Å². The molecule has 1 rings (SSSR count). The maximum atomic E-state index is 10.4. The number of carboxylic acid groups (broad SMARTS) is 1. The van der Waals surface area contributed by atoms with Gasteiger partial charge in [0, 0.05) is 18.2 Å². The van der Waals surface area contributed by atoms with E-state index in [2.05, 4.69) is 11.8 Å². The third-order valence-electron chi connectivity index (χ3n) is 1.95. The molecule has 0 saturated carbocycles. The predicted molar refractivity (Wildman–Crippen MR) is 61.4 cm³/mol. The molecule has 1 unspecified atom stereocenters. The molecule has 0 fully saturated rings. The molecule has 0 bridgehead atoms. The van der Waals surface area contributed by atoms with Gasteiger partial charge in [0.05, 0.1) is 0 Å². The van der Waals surface area contributed by atoms with Crippen LogP contribution in [-0.4, -0.2) is 23.3 Å². The van der Waals surface area contributed by atoms with Crippen molar-refractivity contribution < 1.29 is 9.90 Å². The van der Waals surface area contributed by atoms with Crippen molar-refractivity contribution in [3.8, 4) is 11.8 Å². The Hall–Kier alpha value is -2.12. The largest absolute Gasteiger partial charge is 0.480 e. The van der Waals surface area contributed by atoms with Crippen LogP contribution in [0.5, 0.6) is 0 Å². The van der Waals surface area contributed by atoms with Crippen molar-refractivity contribution >= 4 is 12.2 Å². The maximum Gasteiger partial charge on any atom is 0.321 e. The monoisotopic (exact) mass is 216 g/mol. The van der Waals surface area contributed by atoms with Gasteiger partial charge in [-0.2, -0.15) is 0 Å². The van der Waals surface area contributed by atoms with Crippen molar-refractivity contribution in [2.75, 3.05) is 0 Å². The summed E-state index contributed by atoms with van der Waals surface area (Å²) in [6, 6.07) is 6.16. The Labute approximate surface area is 93.6 Å². The Morgan fingerprint density at radius 2 is 2.12 bits per heavy atom. The molecule has 0 amide bonds. The molecule has 0 radical (unpaired) electrons. The maximum absolute atomic E-state index is 10.4. The van der Waals surface area contributed by atoms with Gasteiger partial charge >= 0.3 is 5.97 Å². The van der Waals surface area contributed by atoms with Gasteiger partial charge in [0.1, 0.15) is 6.04 Å². The lowest BCUT2D eigenvalue weighted by molar-refractivity contribution is -0.138. The van der Waals surface area contributed by atoms with Crippen molar-refractivity contribution in [2.45, 2.75) is 12.5 Å². The standard InChI is InChI=1S/C12H12N2O2/c13-8-10-6-4-9(5-7-10)2-1-3-11(14)12(15)16/h4-8,11,13H,3,14H2,(H,15,16). The summed E-state index contributed by atoms with van der Waals surface area (Å²) in [6.45, 7) is 0. The molecule has 82 valence electrons. The van der Waals surface area contributed by atoms with E-state index in [1.54, 1.807) is 24.3 Å². The van der Waals surface area contributed by atoms with Crippen LogP contribution in [0.25, 0.3) is 0 Å². The van der Waals surface area contributed by atoms with E-state index >= 15 is 0 Å². The highest BCUT2D eigenvalue weighted by Crippen LogP contribution is 2.00. The predicted octanol–water partition coefficient (Wildman–Crippen LogP) is 0.838. The van der Waals surface area contributed by atoms with Gasteiger partial charge in [-0.05, 0) is 17.7 Å². The van der Waals surface area contributed by atoms with Crippen LogP contribution < -0.4 is 5.73 Å². The molecule has 1 aromatic carbocycles. The average Bonchev–Trinajstić information content (AvgIpc) is 2.29. The summed E-state index contributed by atoms with van der Waals surface area (Å²) < 4.78 is 0. The second-order valence-corrected chi connectivity index (χ2v) is 3.22. The number of nitrogens with two attached hydrogens (primary N) is 1. The molecule has 4 N–H and O–H groups in total. The van der Waals surface area contributed by atoms with E-state index < -0.39 is 12.0 Å². The molecular formula is C12H12N2O2. The number of carboxylic acids is 1. The fourth-order valence-electron chi connectivity index (χ4n) is 1.01. The van der Waals surface area contributed by atoms with Crippen LogP contribution in [0.4, 0.5) is 0 Å². The minimum atomic E-state index is -1.05. The highest BCUT2D eigenvalue weighted by Gasteiger charge is 2.07. The summed E-state index contributed by atoms with van der Waals surface area (Å²) >= 11 is 0. The fraction of sp³-hybridized carbons (Fsp3) is 0.167. The molecule has 0 aliphatic carbocycles. The first-order chi connectivity index (χ1) is 7.63. The highest BCUT2D eigenvalue weighted by atomic mass is 16.4. The second kappa shape index (κ2) is 5.69. The zero-order chi connectivity index (χ0) is 12.0. The van der Waals surface area contributed by atoms with Gasteiger partial charge < -0.3 is 16.2 Å². The Bertz CT molecular complexity index is 440. The molecule has 0 aromatic heterocycles. The van der Waals surface area contributed by atoms with Crippen molar-refractivity contribution in [1.82, 2.24) is 0 Å². The third kappa shape index (κ3) is 3.56. The van der Waals surface area contributed by atoms with E-state index in [1.807, 2.05) is 0 Å². The summed E-state index contributed by atoms with van der Waals surface area (Å²) in [4.78, 5) is 10.4. The van der Waals surface area contributed by atoms with E-state index in [1.165, 1.54) is 6.21 Å². The molecule has 0 spiro atoms. The van der Waals surface area contributed by atoms with Gasteiger partial charge in [0.25, 0.3) is 0 Å². The Morgan fingerprint density at radius 1 is 1.50 bits per heavy atom. The van der Waals surface area contributed by atoms with Gasteiger partial charge in [0.15, 0.2) is 0 Å². The number of hydrogen-bond acceptors (Lipinski definition) is 3. The summed E-state index contributed by atoms with van der Waals surface area (Å²) in [5, 5.41) is 15.5. The number of benzene rings is 1. The molecule has 0 aliphatic rings. The van der Waals surface area contributed by atoms with Gasteiger partial charge in [-0.25, -0.2) is 0 Å². The lowest BCUT2D eigenvalue weighted by Crippen LogP contribution is -2.29. The summed E-state index contributed by atoms with van der Waals surface area (Å²) in [7, 11) is 0. The van der Waals surface area contributed by atoms with Crippen LogP contribution in [0.2, 0.25) is 0 Å². The molecule has 0 saturated heterocycles. The van der Waals surface area contributed by atoms with E-state index in [0.717, 1.165) is 11.1 Å². The molecule has 4 heteroatoms. The lowest BCUT2D eigenvalue weighted by Gasteiger charge is -1.98. The van der Waals surface area contributed by atoms with Crippen molar-refractivity contribution in [3.05, 3.63) is 35.4 Å². The number of rotatable bonds is 3. The summed E-state index contributed by atoms with van der Waals surface area (Å²) in [6.07, 6.45) is 1.37. The molecule has 0 heterocycles. The van der Waals surface area contributed by atoms with Crippen LogP contribution in [-0.2, 0) is 4.79 Å². The van der Waals surface area contributed by atoms with Crippen LogP contribution in [0.3, 0.4) is 0 Å². The minimum absolute atomic E-state index is 0.127. The SMILES string of the molecule is N=Cc1ccc(C#CCC(N)C(=O)O)cc1. The van der Waals surface area contributed by atoms with E-state index in [0.29, 0.717) is 0 Å². The molecule has 16 heavy (non-hydrogen) atoms. The molecular weight excluding hydrogens is 204 g/mol. The first kappa shape index (κ1) is 12.0. The van der Waals surface area contributed by atoms with Crippen LogP contribution in [0.15, 0.2) is 24.3 Å². The number of carbonyl (C=O) groups is 1. The van der Waals surface area contributed by atoms with Gasteiger partial charge in [-0.1, -0.05) is 24.0 Å². The molecule has 4 nitrogen and oxygen atoms in total. The average molecular weight is 216 g/mol. The molecule has 1 atom stereocenters. The first-order valence-electron chi connectivity index (χ1n) is 4.71. The highest BCUT2D eigenvalue weighted by molar-refractivity contribution is 5.77. The number of hydrogen-bond donors (Lipinski definition) is 3. The van der Waals surface area contributed by atoms with Crippen molar-refractivity contribution in [2.24, 2.45) is 5.73 Å². The molecule has 0 aliphatic heterocycles. The Kier molecular flexibility index (Phi) is 4.25. The fourth-order valence-corrected chi connectivity index (χ4v) is 1.01. The van der Waals surface area contributed by atoms with Crippen molar-refractivity contribution in [3.63, 3.8) is 0 Å². The summed E-state index contributed by atoms with van der Waals surface area (Å²) in [5.74, 6) is 4.47. The lowest BCUT2D eigenvalue weighted by atomic mass is 10.1. The second-order valence-electron chi connectivity index (χ2n) is 3.22. The van der Waals surface area contributed by atoms with E-state index in [4.69, 9.17) is 16.2 Å². The Morgan fingerprint density at radius 3 is 2.62 bits per heavy atom. The topological polar surface area (TPSA) is 87.2 Å². The van der Waals surface area contributed by atoms with Crippen LogP contribution in [0.1, 0.15) is 17.5 Å². The first-order valence-corrected chi connectivity index (χ1v) is 4.71. The minimum Gasteiger partial charge on any atom is -0.480 e. The van der Waals surface area contributed by atoms with Gasteiger partial charge in [-0.15, -0.1) is 0 Å². The summed E-state index contributed by atoms with van der Waals surface area (Å²) in [5.41, 5.74) is 6.87. The zero-order valence-corrected chi connectivity index (χ0v) is 8.60. The number of nitrogens with one attached hydrogen (secondary N) is 1. The van der Waals surface area contributed by atoms with E-state index in [9.17, 15) is 4.79 Å². The van der Waals surface area contributed by atoms with Crippen LogP contribution in [0, 0.1) is 17.3 Å². The van der Waals surface area contributed by atoms with Gasteiger partial charge in [-0.3, -0.25) is 4.79 Å². The van der Waals surface area contributed by atoms with Gasteiger partial charge in [0.2, 0.25) is 0 Å². The molecule has 1 aromatic rings. The number of aliphatic carboxylic acids is 1. The Balaban J connectivity index is 2.63. The van der Waals surface area contributed by atoms with Crippen LogP contribution >= 0.6 is 0 Å². The van der Waals surface area contributed by atoms with E-state index in [-0.39, 0.29) is 6.42 Å². The quantitative estimate of drug-likeness (QED) is 0.516. The zero-order valence-electron chi connectivity index (χ0n) is 8.60. The smallest absolute Gasteiger partial charge is 0.321 e. The third-order valence-corrected chi connectivity index (χ3v) is 1.95.